The van der Waals surface area contributed by atoms with E-state index < -0.39 is 11.6 Å². The van der Waals surface area contributed by atoms with E-state index in [9.17, 15) is 8.78 Å². The molecule has 0 aliphatic carbocycles. The number of hydrogen-bond acceptors (Lipinski definition) is 2. The van der Waals surface area contributed by atoms with Crippen LogP contribution in [0.25, 0.3) is 0 Å². The highest BCUT2D eigenvalue weighted by molar-refractivity contribution is 5.18. The van der Waals surface area contributed by atoms with Crippen molar-refractivity contribution in [3.63, 3.8) is 0 Å². The Labute approximate surface area is 120 Å². The SMILES string of the molecule is CCCNC(COC(C)(C)C)Cc1ccc(F)c(F)c1. The van der Waals surface area contributed by atoms with Crippen molar-refractivity contribution < 1.29 is 13.5 Å². The highest BCUT2D eigenvalue weighted by atomic mass is 19.2. The molecule has 1 unspecified atom stereocenters. The van der Waals surface area contributed by atoms with Crippen molar-refractivity contribution in [3.05, 3.63) is 35.4 Å². The number of hydrogen-bond donors (Lipinski definition) is 1. The van der Waals surface area contributed by atoms with Gasteiger partial charge in [0.15, 0.2) is 11.6 Å². The average molecular weight is 285 g/mol. The van der Waals surface area contributed by atoms with Crippen molar-refractivity contribution in [3.8, 4) is 0 Å². The Bertz CT molecular complexity index is 415. The van der Waals surface area contributed by atoms with Crippen LogP contribution in [0.1, 0.15) is 39.7 Å². The molecule has 0 aliphatic heterocycles. The van der Waals surface area contributed by atoms with Gasteiger partial charge in [0.25, 0.3) is 0 Å². The van der Waals surface area contributed by atoms with Crippen molar-refractivity contribution in [1.29, 1.82) is 0 Å². The van der Waals surface area contributed by atoms with Crippen LogP contribution in [-0.2, 0) is 11.2 Å². The Hall–Kier alpha value is -1.00. The second kappa shape index (κ2) is 7.70. The van der Waals surface area contributed by atoms with Gasteiger partial charge in [-0.1, -0.05) is 13.0 Å². The summed E-state index contributed by atoms with van der Waals surface area (Å²) in [5.41, 5.74) is 0.565. The predicted octanol–water partition coefficient (Wildman–Crippen LogP) is 3.69. The molecule has 0 amide bonds. The normalized spacial score (nSPS) is 13.5. The minimum absolute atomic E-state index is 0.0963. The molecule has 20 heavy (non-hydrogen) atoms. The first-order valence-electron chi connectivity index (χ1n) is 7.13. The minimum atomic E-state index is -0.808. The number of rotatable bonds is 7. The first kappa shape index (κ1) is 17.1. The highest BCUT2D eigenvalue weighted by Crippen LogP contribution is 2.13. The number of benzene rings is 1. The molecule has 1 N–H and O–H groups in total. The van der Waals surface area contributed by atoms with E-state index in [2.05, 4.69) is 12.2 Å². The smallest absolute Gasteiger partial charge is 0.159 e. The summed E-state index contributed by atoms with van der Waals surface area (Å²) < 4.78 is 31.9. The molecular weight excluding hydrogens is 260 g/mol. The Morgan fingerprint density at radius 3 is 2.45 bits per heavy atom. The topological polar surface area (TPSA) is 21.3 Å². The van der Waals surface area contributed by atoms with Crippen LogP contribution in [0, 0.1) is 11.6 Å². The quantitative estimate of drug-likeness (QED) is 0.825. The Morgan fingerprint density at radius 2 is 1.90 bits per heavy atom. The van der Waals surface area contributed by atoms with Crippen LogP contribution >= 0.6 is 0 Å². The second-order valence-electron chi connectivity index (χ2n) is 6.03. The zero-order valence-corrected chi connectivity index (χ0v) is 12.8. The van der Waals surface area contributed by atoms with Gasteiger partial charge in [0, 0.05) is 6.04 Å². The number of halogens is 2. The standard InChI is InChI=1S/C16H25F2NO/c1-5-8-19-13(11-20-16(2,3)4)9-12-6-7-14(17)15(18)10-12/h6-7,10,13,19H,5,8-9,11H2,1-4H3. The van der Waals surface area contributed by atoms with Gasteiger partial charge in [-0.05, 0) is 57.9 Å². The molecule has 4 heteroatoms. The Kier molecular flexibility index (Phi) is 6.56. The Balaban J connectivity index is 2.65. The van der Waals surface area contributed by atoms with E-state index in [1.165, 1.54) is 12.1 Å². The van der Waals surface area contributed by atoms with Gasteiger partial charge in [-0.15, -0.1) is 0 Å². The van der Waals surface area contributed by atoms with Crippen molar-refractivity contribution in [2.75, 3.05) is 13.2 Å². The average Bonchev–Trinajstić information content (AvgIpc) is 2.36. The van der Waals surface area contributed by atoms with Gasteiger partial charge in [0.1, 0.15) is 0 Å². The molecule has 0 fully saturated rings. The molecule has 0 aliphatic rings. The summed E-state index contributed by atoms with van der Waals surface area (Å²) in [5, 5.41) is 3.38. The Morgan fingerprint density at radius 1 is 1.20 bits per heavy atom. The summed E-state index contributed by atoms with van der Waals surface area (Å²) in [6.07, 6.45) is 1.64. The van der Waals surface area contributed by atoms with E-state index in [1.54, 1.807) is 6.07 Å². The molecule has 1 aromatic carbocycles. The van der Waals surface area contributed by atoms with Crippen LogP contribution in [0.2, 0.25) is 0 Å². The van der Waals surface area contributed by atoms with Crippen LogP contribution in [0.4, 0.5) is 8.78 Å². The zero-order valence-electron chi connectivity index (χ0n) is 12.8. The van der Waals surface area contributed by atoms with Gasteiger partial charge in [0.2, 0.25) is 0 Å². The lowest BCUT2D eigenvalue weighted by molar-refractivity contribution is -0.0143. The summed E-state index contributed by atoms with van der Waals surface area (Å²) in [6, 6.07) is 4.15. The molecule has 0 aromatic heterocycles. The van der Waals surface area contributed by atoms with E-state index in [4.69, 9.17) is 4.74 Å². The fourth-order valence-electron chi connectivity index (χ4n) is 1.84. The van der Waals surface area contributed by atoms with E-state index in [1.807, 2.05) is 20.8 Å². The zero-order chi connectivity index (χ0) is 15.2. The van der Waals surface area contributed by atoms with E-state index in [0.29, 0.717) is 13.0 Å². The monoisotopic (exact) mass is 285 g/mol. The minimum Gasteiger partial charge on any atom is -0.374 e. The van der Waals surface area contributed by atoms with E-state index >= 15 is 0 Å². The fraction of sp³-hybridized carbons (Fsp3) is 0.625. The second-order valence-corrected chi connectivity index (χ2v) is 6.03. The van der Waals surface area contributed by atoms with Crippen molar-refractivity contribution >= 4 is 0 Å². The number of nitrogens with one attached hydrogen (secondary N) is 1. The van der Waals surface area contributed by atoms with Crippen molar-refractivity contribution in [1.82, 2.24) is 5.32 Å². The lowest BCUT2D eigenvalue weighted by atomic mass is 10.1. The first-order chi connectivity index (χ1) is 9.31. The molecule has 2 nitrogen and oxygen atoms in total. The molecule has 0 heterocycles. The third-order valence-electron chi connectivity index (χ3n) is 2.87. The highest BCUT2D eigenvalue weighted by Gasteiger charge is 2.16. The van der Waals surface area contributed by atoms with E-state index in [-0.39, 0.29) is 11.6 Å². The van der Waals surface area contributed by atoms with E-state index in [0.717, 1.165) is 18.5 Å². The molecule has 1 atom stereocenters. The fourth-order valence-corrected chi connectivity index (χ4v) is 1.84. The maximum atomic E-state index is 13.2. The third kappa shape index (κ3) is 6.44. The predicted molar refractivity (Wildman–Crippen MR) is 77.8 cm³/mol. The van der Waals surface area contributed by atoms with Crippen LogP contribution in [0.3, 0.4) is 0 Å². The lowest BCUT2D eigenvalue weighted by Gasteiger charge is -2.25. The maximum absolute atomic E-state index is 13.2. The van der Waals surface area contributed by atoms with Crippen LogP contribution < -0.4 is 5.32 Å². The number of ether oxygens (including phenoxy) is 1. The van der Waals surface area contributed by atoms with Crippen LogP contribution in [0.15, 0.2) is 18.2 Å². The molecule has 0 saturated carbocycles. The van der Waals surface area contributed by atoms with Gasteiger partial charge in [-0.25, -0.2) is 8.78 Å². The summed E-state index contributed by atoms with van der Waals surface area (Å²) in [7, 11) is 0. The lowest BCUT2D eigenvalue weighted by Crippen LogP contribution is -2.38. The molecule has 0 spiro atoms. The van der Waals surface area contributed by atoms with Gasteiger partial charge in [-0.2, -0.15) is 0 Å². The first-order valence-corrected chi connectivity index (χ1v) is 7.13. The molecular formula is C16H25F2NO. The van der Waals surface area contributed by atoms with Crippen molar-refractivity contribution in [2.45, 2.75) is 52.2 Å². The third-order valence-corrected chi connectivity index (χ3v) is 2.87. The summed E-state index contributed by atoms with van der Waals surface area (Å²) in [5.74, 6) is -1.61. The molecule has 0 saturated heterocycles. The summed E-state index contributed by atoms with van der Waals surface area (Å²) >= 11 is 0. The van der Waals surface area contributed by atoms with Crippen LogP contribution in [-0.4, -0.2) is 24.8 Å². The summed E-state index contributed by atoms with van der Waals surface area (Å²) in [4.78, 5) is 0. The van der Waals surface area contributed by atoms with Crippen LogP contribution in [0.5, 0.6) is 0 Å². The molecule has 0 radical (unpaired) electrons. The van der Waals surface area contributed by atoms with Gasteiger partial charge < -0.3 is 10.1 Å². The van der Waals surface area contributed by atoms with Gasteiger partial charge in [-0.3, -0.25) is 0 Å². The summed E-state index contributed by atoms with van der Waals surface area (Å²) in [6.45, 7) is 9.51. The molecule has 114 valence electrons. The maximum Gasteiger partial charge on any atom is 0.159 e. The van der Waals surface area contributed by atoms with Crippen molar-refractivity contribution in [2.24, 2.45) is 0 Å². The molecule has 1 rings (SSSR count). The van der Waals surface area contributed by atoms with Gasteiger partial charge in [0.05, 0.1) is 12.2 Å². The molecule has 0 bridgehead atoms. The van der Waals surface area contributed by atoms with Gasteiger partial charge >= 0.3 is 0 Å². The molecule has 1 aromatic rings. The largest absolute Gasteiger partial charge is 0.374 e.